The van der Waals surface area contributed by atoms with Gasteiger partial charge in [-0.3, -0.25) is 9.59 Å². The number of rotatable bonds is 4. The fraction of sp³-hybridized carbons (Fsp3) is 0.167. The molecule has 2 rings (SSSR count). The maximum Gasteiger partial charge on any atom is 0.379 e. The Balaban J connectivity index is 0.000000231. The predicted octanol–water partition coefficient (Wildman–Crippen LogP) is 2.09. The molecule has 0 aliphatic heterocycles. The topological polar surface area (TPSA) is 135 Å². The highest BCUT2D eigenvalue weighted by atomic mass is 35.5. The number of ketones is 2. The van der Waals surface area contributed by atoms with Crippen molar-refractivity contribution in [3.63, 3.8) is 0 Å². The van der Waals surface area contributed by atoms with Crippen LogP contribution in [0.25, 0.3) is 0 Å². The van der Waals surface area contributed by atoms with Crippen LogP contribution in [0.15, 0.2) is 5.38 Å². The van der Waals surface area contributed by atoms with Gasteiger partial charge in [0, 0.05) is 5.38 Å². The third-order valence-corrected chi connectivity index (χ3v) is 4.09. The zero-order valence-corrected chi connectivity index (χ0v) is 14.1. The van der Waals surface area contributed by atoms with Crippen molar-refractivity contribution in [2.45, 2.75) is 13.8 Å². The molecule has 0 aliphatic rings. The lowest BCUT2D eigenvalue weighted by Gasteiger charge is -1.87. The van der Waals surface area contributed by atoms with Crippen molar-refractivity contribution in [1.29, 1.82) is 0 Å². The van der Waals surface area contributed by atoms with E-state index in [4.69, 9.17) is 21.8 Å². The third-order valence-electron chi connectivity index (χ3n) is 2.15. The highest BCUT2D eigenvalue weighted by Gasteiger charge is 2.21. The fourth-order valence-electron chi connectivity index (χ4n) is 1.22. The Morgan fingerprint density at radius 3 is 1.91 bits per heavy atom. The average Bonchev–Trinajstić information content (AvgIpc) is 3.03. The molecule has 0 bridgehead atoms. The summed E-state index contributed by atoms with van der Waals surface area (Å²) in [5.74, 6) is -5.02. The van der Waals surface area contributed by atoms with Crippen molar-refractivity contribution >= 4 is 57.8 Å². The van der Waals surface area contributed by atoms with Gasteiger partial charge < -0.3 is 10.2 Å². The molecule has 122 valence electrons. The Morgan fingerprint density at radius 1 is 1.00 bits per heavy atom. The number of carboxylic acids is 2. The van der Waals surface area contributed by atoms with Gasteiger partial charge in [0.1, 0.15) is 15.7 Å². The maximum atomic E-state index is 10.8. The van der Waals surface area contributed by atoms with E-state index in [0.717, 1.165) is 11.3 Å². The zero-order valence-electron chi connectivity index (χ0n) is 11.7. The minimum atomic E-state index is -1.54. The van der Waals surface area contributed by atoms with Gasteiger partial charge in [-0.25, -0.2) is 19.6 Å². The molecule has 0 unspecified atom stereocenters. The van der Waals surface area contributed by atoms with Crippen LogP contribution >= 0.6 is 34.3 Å². The van der Waals surface area contributed by atoms with E-state index in [1.807, 2.05) is 0 Å². The largest absolute Gasteiger partial charge is 0.475 e. The van der Waals surface area contributed by atoms with Crippen LogP contribution in [-0.4, -0.2) is 43.7 Å². The standard InChI is InChI=1S/C6H4ClNO3S.C6H5NO3S/c1-2-8-3(5(7)12-2)4(9)6(10)11;1-3-7-4(2-11-3)5(8)6(9)10/h1H3,(H,10,11);2H,1H3,(H,9,10). The van der Waals surface area contributed by atoms with Crippen molar-refractivity contribution in [2.24, 2.45) is 0 Å². The Labute approximate surface area is 142 Å². The molecule has 11 heteroatoms. The molecule has 0 saturated carbocycles. The van der Waals surface area contributed by atoms with E-state index in [2.05, 4.69) is 9.97 Å². The van der Waals surface area contributed by atoms with Crippen molar-refractivity contribution in [3.05, 3.63) is 31.1 Å². The number of nitrogens with zero attached hydrogens (tertiary/aromatic N) is 2. The van der Waals surface area contributed by atoms with Gasteiger partial charge >= 0.3 is 11.9 Å². The summed E-state index contributed by atoms with van der Waals surface area (Å²) in [6.45, 7) is 3.36. The SMILES string of the molecule is Cc1nc(C(=O)C(=O)O)c(Cl)s1.Cc1nc(C(=O)C(=O)O)cs1. The van der Waals surface area contributed by atoms with Gasteiger partial charge in [-0.1, -0.05) is 11.6 Å². The summed E-state index contributed by atoms with van der Waals surface area (Å²) in [6.07, 6.45) is 0. The average molecular weight is 377 g/mol. The lowest BCUT2D eigenvalue weighted by atomic mass is 10.3. The van der Waals surface area contributed by atoms with Crippen molar-refractivity contribution in [1.82, 2.24) is 9.97 Å². The van der Waals surface area contributed by atoms with Crippen molar-refractivity contribution < 1.29 is 29.4 Å². The molecule has 0 aliphatic carbocycles. The Morgan fingerprint density at radius 2 is 1.57 bits per heavy atom. The molecule has 0 atom stereocenters. The molecule has 0 fully saturated rings. The van der Waals surface area contributed by atoms with E-state index in [9.17, 15) is 19.2 Å². The van der Waals surface area contributed by atoms with Crippen LogP contribution < -0.4 is 0 Å². The van der Waals surface area contributed by atoms with E-state index < -0.39 is 23.5 Å². The summed E-state index contributed by atoms with van der Waals surface area (Å²) in [4.78, 5) is 49.3. The molecule has 0 aromatic carbocycles. The van der Waals surface area contributed by atoms with E-state index >= 15 is 0 Å². The number of carbonyl (C=O) groups excluding carboxylic acids is 2. The quantitative estimate of drug-likeness (QED) is 0.611. The van der Waals surface area contributed by atoms with Crippen molar-refractivity contribution in [3.8, 4) is 0 Å². The predicted molar refractivity (Wildman–Crippen MR) is 82.6 cm³/mol. The number of carboxylic acid groups (broad SMARTS) is 2. The van der Waals surface area contributed by atoms with E-state index in [0.29, 0.717) is 10.0 Å². The molecule has 23 heavy (non-hydrogen) atoms. The molecular weight excluding hydrogens is 368 g/mol. The first-order valence-electron chi connectivity index (χ1n) is 5.73. The third kappa shape index (κ3) is 5.20. The van der Waals surface area contributed by atoms with Gasteiger partial charge in [-0.05, 0) is 13.8 Å². The van der Waals surface area contributed by atoms with Crippen LogP contribution in [0, 0.1) is 13.8 Å². The highest BCUT2D eigenvalue weighted by molar-refractivity contribution is 7.16. The number of Topliss-reactive ketones (excluding diaryl/α,β-unsaturated/α-hetero) is 2. The summed E-state index contributed by atoms with van der Waals surface area (Å²) in [5.41, 5.74) is -0.160. The summed E-state index contributed by atoms with van der Waals surface area (Å²) < 4.78 is 0.125. The second-order valence-corrected chi connectivity index (χ2v) is 6.74. The van der Waals surface area contributed by atoms with E-state index in [-0.39, 0.29) is 15.7 Å². The Bertz CT molecular complexity index is 782. The first-order chi connectivity index (χ1) is 10.6. The zero-order chi connectivity index (χ0) is 17.7. The normalized spacial score (nSPS) is 9.70. The number of halogens is 1. The molecule has 0 amide bonds. The second kappa shape index (κ2) is 7.90. The molecule has 0 spiro atoms. The Kier molecular flexibility index (Phi) is 6.49. The van der Waals surface area contributed by atoms with E-state index in [1.54, 1.807) is 13.8 Å². The number of aliphatic carboxylic acids is 2. The number of aryl methyl sites for hydroxylation is 2. The van der Waals surface area contributed by atoms with Gasteiger partial charge in [0.15, 0.2) is 0 Å². The van der Waals surface area contributed by atoms with Crippen LogP contribution in [0.2, 0.25) is 4.34 Å². The summed E-state index contributed by atoms with van der Waals surface area (Å²) in [6, 6.07) is 0. The minimum Gasteiger partial charge on any atom is -0.475 e. The van der Waals surface area contributed by atoms with Crippen molar-refractivity contribution in [2.75, 3.05) is 0 Å². The van der Waals surface area contributed by atoms with Gasteiger partial charge in [0.25, 0.3) is 11.6 Å². The molecular formula is C12H9ClN2O6S2. The molecule has 0 saturated heterocycles. The highest BCUT2D eigenvalue weighted by Crippen LogP contribution is 2.23. The number of carbonyl (C=O) groups is 4. The Hall–Kier alpha value is -2.17. The van der Waals surface area contributed by atoms with Crippen LogP contribution in [0.4, 0.5) is 0 Å². The van der Waals surface area contributed by atoms with Crippen LogP contribution in [-0.2, 0) is 9.59 Å². The summed E-state index contributed by atoms with van der Waals surface area (Å²) >= 11 is 7.90. The van der Waals surface area contributed by atoms with Crippen LogP contribution in [0.3, 0.4) is 0 Å². The van der Waals surface area contributed by atoms with E-state index in [1.165, 1.54) is 16.7 Å². The first-order valence-corrected chi connectivity index (χ1v) is 7.81. The first kappa shape index (κ1) is 18.9. The summed E-state index contributed by atoms with van der Waals surface area (Å²) in [5, 5.41) is 19.3. The fourth-order valence-corrected chi connectivity index (χ4v) is 2.91. The van der Waals surface area contributed by atoms with Gasteiger partial charge in [0.05, 0.1) is 10.0 Å². The molecule has 2 aromatic rings. The van der Waals surface area contributed by atoms with Gasteiger partial charge in [-0.2, -0.15) is 0 Å². The number of hydrogen-bond donors (Lipinski definition) is 2. The smallest absolute Gasteiger partial charge is 0.379 e. The molecule has 0 radical (unpaired) electrons. The molecule has 8 nitrogen and oxygen atoms in total. The number of hydrogen-bond acceptors (Lipinski definition) is 8. The lowest BCUT2D eigenvalue weighted by molar-refractivity contribution is -0.132. The van der Waals surface area contributed by atoms with Gasteiger partial charge in [-0.15, -0.1) is 22.7 Å². The second-order valence-electron chi connectivity index (χ2n) is 3.88. The molecule has 2 aromatic heterocycles. The maximum absolute atomic E-state index is 10.8. The molecule has 2 heterocycles. The number of aromatic nitrogens is 2. The minimum absolute atomic E-state index is 0.0139. The van der Waals surface area contributed by atoms with Crippen LogP contribution in [0.1, 0.15) is 31.0 Å². The molecule has 2 N–H and O–H groups in total. The van der Waals surface area contributed by atoms with Crippen LogP contribution in [0.5, 0.6) is 0 Å². The summed E-state index contributed by atoms with van der Waals surface area (Å²) in [7, 11) is 0. The van der Waals surface area contributed by atoms with Gasteiger partial charge in [0.2, 0.25) is 0 Å². The number of thiazole rings is 2. The lowest BCUT2D eigenvalue weighted by Crippen LogP contribution is -2.13. The monoisotopic (exact) mass is 376 g/mol.